The number of rotatable bonds is 2. The van der Waals surface area contributed by atoms with Crippen LogP contribution in [0, 0.1) is 5.82 Å². The number of aliphatic hydroxyl groups excluding tert-OH is 1. The molecule has 0 aliphatic rings. The van der Waals surface area contributed by atoms with E-state index in [0.717, 1.165) is 0 Å². The van der Waals surface area contributed by atoms with Crippen molar-refractivity contribution in [2.45, 2.75) is 12.5 Å². The molecule has 1 atom stereocenters. The van der Waals surface area contributed by atoms with E-state index < -0.39 is 11.4 Å². The second-order valence-electron chi connectivity index (χ2n) is 3.20. The van der Waals surface area contributed by atoms with Gasteiger partial charge in [-0.25, -0.2) is 4.39 Å². The zero-order valence-corrected chi connectivity index (χ0v) is 7.98. The number of nitrogens with two attached hydrogens (primary N) is 1. The van der Waals surface area contributed by atoms with Crippen molar-refractivity contribution in [2.75, 3.05) is 6.61 Å². The molecule has 1 aromatic rings. The van der Waals surface area contributed by atoms with Gasteiger partial charge in [0.15, 0.2) is 0 Å². The highest BCUT2D eigenvalue weighted by molar-refractivity contribution is 6.31. The van der Waals surface area contributed by atoms with Gasteiger partial charge in [0, 0.05) is 5.02 Å². The minimum absolute atomic E-state index is 0.282. The minimum atomic E-state index is -1.00. The molecule has 0 bridgehead atoms. The average Bonchev–Trinajstić information content (AvgIpc) is 2.09. The Hall–Kier alpha value is -0.640. The van der Waals surface area contributed by atoms with E-state index in [1.807, 2.05) is 0 Å². The summed E-state index contributed by atoms with van der Waals surface area (Å²) in [5, 5.41) is 9.32. The summed E-state index contributed by atoms with van der Waals surface area (Å²) in [5.41, 5.74) is 5.12. The summed E-state index contributed by atoms with van der Waals surface area (Å²) < 4.78 is 12.8. The van der Waals surface area contributed by atoms with Gasteiger partial charge in [-0.05, 0) is 30.7 Å². The van der Waals surface area contributed by atoms with Gasteiger partial charge in [0.05, 0.1) is 12.1 Å². The molecule has 0 aliphatic carbocycles. The molecule has 0 aromatic heterocycles. The Balaban J connectivity index is 3.20. The van der Waals surface area contributed by atoms with Crippen molar-refractivity contribution in [2.24, 2.45) is 5.73 Å². The van der Waals surface area contributed by atoms with E-state index in [4.69, 9.17) is 22.4 Å². The molecule has 0 saturated carbocycles. The van der Waals surface area contributed by atoms with Gasteiger partial charge in [-0.3, -0.25) is 0 Å². The van der Waals surface area contributed by atoms with E-state index in [9.17, 15) is 4.39 Å². The lowest BCUT2D eigenvalue weighted by molar-refractivity contribution is 0.210. The molecule has 0 aliphatic heterocycles. The van der Waals surface area contributed by atoms with E-state index in [-0.39, 0.29) is 6.61 Å². The van der Waals surface area contributed by atoms with Crippen LogP contribution in [0.15, 0.2) is 18.2 Å². The summed E-state index contributed by atoms with van der Waals surface area (Å²) in [6.45, 7) is 1.31. The highest BCUT2D eigenvalue weighted by Crippen LogP contribution is 2.26. The van der Waals surface area contributed by atoms with Crippen molar-refractivity contribution in [3.63, 3.8) is 0 Å². The van der Waals surface area contributed by atoms with E-state index in [1.54, 1.807) is 6.92 Å². The van der Waals surface area contributed by atoms with Crippen molar-refractivity contribution in [3.8, 4) is 0 Å². The summed E-state index contributed by atoms with van der Waals surface area (Å²) in [7, 11) is 0. The van der Waals surface area contributed by atoms with Crippen LogP contribution in [0.3, 0.4) is 0 Å². The average molecular weight is 204 g/mol. The van der Waals surface area contributed by atoms with Crippen LogP contribution < -0.4 is 5.73 Å². The lowest BCUT2D eigenvalue weighted by Gasteiger charge is -2.23. The molecule has 0 saturated heterocycles. The van der Waals surface area contributed by atoms with Gasteiger partial charge in [-0.1, -0.05) is 11.6 Å². The number of aliphatic hydroxyl groups is 1. The summed E-state index contributed by atoms with van der Waals surface area (Å²) in [4.78, 5) is 0. The summed E-state index contributed by atoms with van der Waals surface area (Å²) in [5.74, 6) is -0.412. The van der Waals surface area contributed by atoms with E-state index >= 15 is 0 Å². The Kier molecular flexibility index (Phi) is 2.91. The van der Waals surface area contributed by atoms with Crippen molar-refractivity contribution < 1.29 is 9.50 Å². The largest absolute Gasteiger partial charge is 0.394 e. The molecule has 1 unspecified atom stereocenters. The first kappa shape index (κ1) is 10.4. The first-order chi connectivity index (χ1) is 5.97. The normalized spacial score (nSPS) is 15.5. The second kappa shape index (κ2) is 3.62. The maximum atomic E-state index is 12.8. The molecule has 3 N–H and O–H groups in total. The Morgan fingerprint density at radius 2 is 2.23 bits per heavy atom. The standard InChI is InChI=1S/C9H11ClFNO/c1-9(12,5-13)7-4-6(11)2-3-8(7)10/h2-4,13H,5,12H2,1H3. The van der Waals surface area contributed by atoms with E-state index in [1.165, 1.54) is 18.2 Å². The molecule has 0 fully saturated rings. The Morgan fingerprint density at radius 3 is 2.77 bits per heavy atom. The van der Waals surface area contributed by atoms with Crippen LogP contribution in [0.25, 0.3) is 0 Å². The third-order valence-corrected chi connectivity index (χ3v) is 2.20. The molecule has 1 rings (SSSR count). The Morgan fingerprint density at radius 1 is 1.62 bits per heavy atom. The number of hydrogen-bond acceptors (Lipinski definition) is 2. The van der Waals surface area contributed by atoms with Crippen molar-refractivity contribution in [1.29, 1.82) is 0 Å². The molecule has 0 spiro atoms. The molecule has 4 heteroatoms. The molecule has 13 heavy (non-hydrogen) atoms. The van der Waals surface area contributed by atoms with Gasteiger partial charge >= 0.3 is 0 Å². The van der Waals surface area contributed by atoms with Gasteiger partial charge in [0.1, 0.15) is 5.82 Å². The molecule has 0 radical (unpaired) electrons. The third-order valence-electron chi connectivity index (χ3n) is 1.87. The van der Waals surface area contributed by atoms with Gasteiger partial charge in [-0.2, -0.15) is 0 Å². The summed E-state index contributed by atoms with van der Waals surface area (Å²) in [6, 6.07) is 3.91. The molecular formula is C9H11ClFNO. The number of benzene rings is 1. The monoisotopic (exact) mass is 203 g/mol. The molecule has 2 nitrogen and oxygen atoms in total. The van der Waals surface area contributed by atoms with Gasteiger partial charge in [0.25, 0.3) is 0 Å². The predicted molar refractivity (Wildman–Crippen MR) is 50.0 cm³/mol. The topological polar surface area (TPSA) is 46.2 Å². The van der Waals surface area contributed by atoms with Crippen LogP contribution in [0.1, 0.15) is 12.5 Å². The summed E-state index contributed by atoms with van der Waals surface area (Å²) in [6.07, 6.45) is 0. The second-order valence-corrected chi connectivity index (χ2v) is 3.61. The SMILES string of the molecule is CC(N)(CO)c1cc(F)ccc1Cl. The van der Waals surface area contributed by atoms with Crippen molar-refractivity contribution in [1.82, 2.24) is 0 Å². The highest BCUT2D eigenvalue weighted by Gasteiger charge is 2.23. The van der Waals surface area contributed by atoms with Crippen LogP contribution >= 0.6 is 11.6 Å². The molecule has 0 heterocycles. The fourth-order valence-corrected chi connectivity index (χ4v) is 1.35. The maximum absolute atomic E-state index is 12.8. The maximum Gasteiger partial charge on any atom is 0.123 e. The number of hydrogen-bond donors (Lipinski definition) is 2. The number of halogens is 2. The van der Waals surface area contributed by atoms with Gasteiger partial charge in [0.2, 0.25) is 0 Å². The molecular weight excluding hydrogens is 193 g/mol. The van der Waals surface area contributed by atoms with Crippen molar-refractivity contribution in [3.05, 3.63) is 34.6 Å². The van der Waals surface area contributed by atoms with Crippen LogP contribution in [0.2, 0.25) is 5.02 Å². The minimum Gasteiger partial charge on any atom is -0.394 e. The molecule has 72 valence electrons. The molecule has 0 amide bonds. The first-order valence-electron chi connectivity index (χ1n) is 3.82. The van der Waals surface area contributed by atoms with Gasteiger partial charge < -0.3 is 10.8 Å². The van der Waals surface area contributed by atoms with E-state index in [0.29, 0.717) is 10.6 Å². The van der Waals surface area contributed by atoms with Crippen LogP contribution in [0.4, 0.5) is 4.39 Å². The Labute approximate surface area is 81.1 Å². The summed E-state index contributed by atoms with van der Waals surface area (Å²) >= 11 is 5.80. The lowest BCUT2D eigenvalue weighted by atomic mass is 9.94. The quantitative estimate of drug-likeness (QED) is 0.768. The zero-order chi connectivity index (χ0) is 10.1. The van der Waals surface area contributed by atoms with Gasteiger partial charge in [-0.15, -0.1) is 0 Å². The zero-order valence-electron chi connectivity index (χ0n) is 7.22. The fourth-order valence-electron chi connectivity index (χ4n) is 1.02. The fraction of sp³-hybridized carbons (Fsp3) is 0.333. The van der Waals surface area contributed by atoms with Crippen molar-refractivity contribution >= 4 is 11.6 Å². The smallest absolute Gasteiger partial charge is 0.123 e. The predicted octanol–water partition coefficient (Wildman–Crippen LogP) is 1.65. The van der Waals surface area contributed by atoms with Crippen LogP contribution in [0.5, 0.6) is 0 Å². The third kappa shape index (κ3) is 2.18. The molecule has 1 aromatic carbocycles. The van der Waals surface area contributed by atoms with E-state index in [2.05, 4.69) is 0 Å². The Bertz CT molecular complexity index is 314. The first-order valence-corrected chi connectivity index (χ1v) is 4.20. The van der Waals surface area contributed by atoms with Crippen LogP contribution in [-0.2, 0) is 5.54 Å². The van der Waals surface area contributed by atoms with Crippen LogP contribution in [-0.4, -0.2) is 11.7 Å². The highest BCUT2D eigenvalue weighted by atomic mass is 35.5. The lowest BCUT2D eigenvalue weighted by Crippen LogP contribution is -2.37.